The highest BCUT2D eigenvalue weighted by molar-refractivity contribution is 5.90. The summed E-state index contributed by atoms with van der Waals surface area (Å²) in [5.41, 5.74) is 6.82. The van der Waals surface area contributed by atoms with Gasteiger partial charge in [0.1, 0.15) is 11.9 Å². The molecule has 1 amide bonds. The Morgan fingerprint density at radius 3 is 2.68 bits per heavy atom. The van der Waals surface area contributed by atoms with Crippen LogP contribution in [0.15, 0.2) is 18.2 Å². The Morgan fingerprint density at radius 1 is 1.36 bits per heavy atom. The Balaban J connectivity index is 1.50. The number of nitrogens with two attached hydrogens (primary N) is 1. The van der Waals surface area contributed by atoms with E-state index in [1.54, 1.807) is 12.1 Å². The number of ether oxygens (including phenoxy) is 2. The molecule has 1 aromatic carbocycles. The number of hydrogen-bond acceptors (Lipinski definition) is 5. The molecule has 3 fully saturated rings. The van der Waals surface area contributed by atoms with Gasteiger partial charge in [-0.1, -0.05) is 0 Å². The zero-order chi connectivity index (χ0) is 15.3. The van der Waals surface area contributed by atoms with Crippen molar-refractivity contribution in [3.05, 3.63) is 24.0 Å². The van der Waals surface area contributed by atoms with Crippen LogP contribution >= 0.6 is 0 Å². The molecule has 3 aliphatic heterocycles. The first-order valence-electron chi connectivity index (χ1n) is 7.41. The highest BCUT2D eigenvalue weighted by Gasteiger charge is 2.49. The third-order valence-electron chi connectivity index (χ3n) is 4.59. The molecule has 0 radical (unpaired) electrons. The van der Waals surface area contributed by atoms with Crippen molar-refractivity contribution in [3.63, 3.8) is 0 Å². The van der Waals surface area contributed by atoms with E-state index in [4.69, 9.17) is 15.2 Å². The van der Waals surface area contributed by atoms with Crippen LogP contribution in [0.1, 0.15) is 0 Å². The van der Waals surface area contributed by atoms with Crippen molar-refractivity contribution in [1.29, 1.82) is 0 Å². The number of cyclic esters (lactones) is 1. The Morgan fingerprint density at radius 2 is 2.14 bits per heavy atom. The molecular weight excluding hydrogens is 289 g/mol. The molecular formula is C15H18FN3O3. The van der Waals surface area contributed by atoms with Gasteiger partial charge in [-0.3, -0.25) is 4.90 Å². The highest BCUT2D eigenvalue weighted by atomic mass is 19.1. The number of carbonyl (C=O) groups is 1. The SMILES string of the molecule is NC[C@H]1CN(c2ccc(N3CC4(COC4)C3)c(F)c2)C(=O)O1. The summed E-state index contributed by atoms with van der Waals surface area (Å²) in [7, 11) is 0. The van der Waals surface area contributed by atoms with Crippen LogP contribution in [0.2, 0.25) is 0 Å². The number of anilines is 2. The van der Waals surface area contributed by atoms with Crippen molar-refractivity contribution >= 4 is 17.5 Å². The standard InChI is InChI=1S/C15H18FN3O3/c16-12-3-10(19-5-11(4-17)22-14(19)20)1-2-13(12)18-6-15(7-18)8-21-9-15/h1-3,11H,4-9,17H2/t11-/m0/s1. The third kappa shape index (κ3) is 2.04. The van der Waals surface area contributed by atoms with Gasteiger partial charge in [-0.2, -0.15) is 0 Å². The number of amides is 1. The minimum absolute atomic E-state index is 0.234. The molecule has 1 spiro atoms. The summed E-state index contributed by atoms with van der Waals surface area (Å²) in [6, 6.07) is 4.86. The van der Waals surface area contributed by atoms with E-state index in [0.29, 0.717) is 17.9 Å². The molecule has 118 valence electrons. The monoisotopic (exact) mass is 307 g/mol. The Hall–Kier alpha value is -1.86. The van der Waals surface area contributed by atoms with Crippen LogP contribution in [0.3, 0.4) is 0 Å². The van der Waals surface area contributed by atoms with Crippen molar-refractivity contribution in [2.45, 2.75) is 6.10 Å². The maximum atomic E-state index is 14.4. The van der Waals surface area contributed by atoms with Crippen molar-refractivity contribution < 1.29 is 18.7 Å². The summed E-state index contributed by atoms with van der Waals surface area (Å²) in [6.45, 7) is 3.81. The van der Waals surface area contributed by atoms with E-state index in [0.717, 1.165) is 26.3 Å². The van der Waals surface area contributed by atoms with Gasteiger partial charge in [0.05, 0.1) is 36.5 Å². The quantitative estimate of drug-likeness (QED) is 0.900. The molecule has 3 aliphatic rings. The van der Waals surface area contributed by atoms with Crippen molar-refractivity contribution in [1.82, 2.24) is 0 Å². The van der Waals surface area contributed by atoms with E-state index >= 15 is 0 Å². The summed E-state index contributed by atoms with van der Waals surface area (Å²) in [5, 5.41) is 0. The van der Waals surface area contributed by atoms with Crippen molar-refractivity contribution in [2.24, 2.45) is 11.1 Å². The first-order valence-corrected chi connectivity index (χ1v) is 7.41. The molecule has 2 N–H and O–H groups in total. The van der Waals surface area contributed by atoms with E-state index in [2.05, 4.69) is 0 Å². The van der Waals surface area contributed by atoms with E-state index in [9.17, 15) is 9.18 Å². The lowest BCUT2D eigenvalue weighted by molar-refractivity contribution is -0.127. The lowest BCUT2D eigenvalue weighted by atomic mass is 9.78. The van der Waals surface area contributed by atoms with Crippen LogP contribution in [0.25, 0.3) is 0 Å². The van der Waals surface area contributed by atoms with Gasteiger partial charge in [0.15, 0.2) is 0 Å². The van der Waals surface area contributed by atoms with Gasteiger partial charge in [0.2, 0.25) is 0 Å². The lowest BCUT2D eigenvalue weighted by Gasteiger charge is -2.56. The summed E-state index contributed by atoms with van der Waals surface area (Å²) in [5.74, 6) is -0.323. The van der Waals surface area contributed by atoms with Gasteiger partial charge in [-0.15, -0.1) is 0 Å². The topological polar surface area (TPSA) is 68.0 Å². The Kier molecular flexibility index (Phi) is 3.02. The minimum atomic E-state index is -0.475. The second-order valence-electron chi connectivity index (χ2n) is 6.34. The van der Waals surface area contributed by atoms with Crippen LogP contribution < -0.4 is 15.5 Å². The van der Waals surface area contributed by atoms with Gasteiger partial charge < -0.3 is 20.1 Å². The van der Waals surface area contributed by atoms with Gasteiger partial charge in [0.25, 0.3) is 0 Å². The number of rotatable bonds is 3. The summed E-state index contributed by atoms with van der Waals surface area (Å²) < 4.78 is 24.7. The molecule has 0 unspecified atom stereocenters. The highest BCUT2D eigenvalue weighted by Crippen LogP contribution is 2.41. The zero-order valence-corrected chi connectivity index (χ0v) is 12.1. The smallest absolute Gasteiger partial charge is 0.414 e. The van der Waals surface area contributed by atoms with Crippen LogP contribution in [0.4, 0.5) is 20.6 Å². The fourth-order valence-electron chi connectivity index (χ4n) is 3.28. The summed E-state index contributed by atoms with van der Waals surface area (Å²) in [4.78, 5) is 15.2. The van der Waals surface area contributed by atoms with Crippen LogP contribution in [0, 0.1) is 11.2 Å². The number of carbonyl (C=O) groups excluding carboxylic acids is 1. The normalized spacial score (nSPS) is 25.9. The van der Waals surface area contributed by atoms with E-state index < -0.39 is 6.09 Å². The first kappa shape index (κ1) is 13.8. The lowest BCUT2D eigenvalue weighted by Crippen LogP contribution is -2.66. The molecule has 0 aromatic heterocycles. The largest absolute Gasteiger partial charge is 0.443 e. The van der Waals surface area contributed by atoms with E-state index in [-0.39, 0.29) is 23.9 Å². The van der Waals surface area contributed by atoms with Crippen LogP contribution in [-0.4, -0.2) is 51.6 Å². The summed E-state index contributed by atoms with van der Waals surface area (Å²) in [6.07, 6.45) is -0.804. The van der Waals surface area contributed by atoms with Crippen LogP contribution in [-0.2, 0) is 9.47 Å². The molecule has 7 heteroatoms. The maximum absolute atomic E-state index is 14.4. The van der Waals surface area contributed by atoms with Crippen LogP contribution in [0.5, 0.6) is 0 Å². The second-order valence-corrected chi connectivity index (χ2v) is 6.34. The zero-order valence-electron chi connectivity index (χ0n) is 12.1. The molecule has 22 heavy (non-hydrogen) atoms. The number of benzene rings is 1. The van der Waals surface area contributed by atoms with Crippen molar-refractivity contribution in [2.75, 3.05) is 49.2 Å². The number of halogens is 1. The molecule has 6 nitrogen and oxygen atoms in total. The first-order chi connectivity index (χ1) is 10.6. The molecule has 0 saturated carbocycles. The predicted molar refractivity (Wildman–Crippen MR) is 78.5 cm³/mol. The van der Waals surface area contributed by atoms with Gasteiger partial charge in [-0.05, 0) is 18.2 Å². The molecule has 4 rings (SSSR count). The second kappa shape index (κ2) is 4.82. The van der Waals surface area contributed by atoms with Gasteiger partial charge >= 0.3 is 6.09 Å². The minimum Gasteiger partial charge on any atom is -0.443 e. The molecule has 3 heterocycles. The fraction of sp³-hybridized carbons (Fsp3) is 0.533. The fourth-order valence-corrected chi connectivity index (χ4v) is 3.28. The van der Waals surface area contributed by atoms with Gasteiger partial charge in [0, 0.05) is 19.6 Å². The average molecular weight is 307 g/mol. The van der Waals surface area contributed by atoms with E-state index in [1.165, 1.54) is 11.0 Å². The Labute approximate surface area is 127 Å². The molecule has 1 atom stereocenters. The predicted octanol–water partition coefficient (Wildman–Crippen LogP) is 0.946. The molecule has 0 aliphatic carbocycles. The average Bonchev–Trinajstić information content (AvgIpc) is 2.78. The van der Waals surface area contributed by atoms with Gasteiger partial charge in [-0.25, -0.2) is 9.18 Å². The summed E-state index contributed by atoms with van der Waals surface area (Å²) >= 11 is 0. The number of nitrogens with zero attached hydrogens (tertiary/aromatic N) is 2. The molecule has 0 bridgehead atoms. The molecule has 3 saturated heterocycles. The van der Waals surface area contributed by atoms with E-state index in [1.807, 2.05) is 4.90 Å². The number of hydrogen-bond donors (Lipinski definition) is 1. The molecule has 1 aromatic rings. The Bertz CT molecular complexity index is 612. The van der Waals surface area contributed by atoms with Crippen molar-refractivity contribution in [3.8, 4) is 0 Å². The third-order valence-corrected chi connectivity index (χ3v) is 4.59. The maximum Gasteiger partial charge on any atom is 0.414 e.